The number of hydrogen-bond donors (Lipinski definition) is 0. The van der Waals surface area contributed by atoms with Gasteiger partial charge in [0.1, 0.15) is 0 Å². The number of aryl methyl sites for hydroxylation is 1. The van der Waals surface area contributed by atoms with Gasteiger partial charge in [-0.3, -0.25) is 4.79 Å². The molecule has 2 fully saturated rings. The second kappa shape index (κ2) is 8.37. The molecule has 180 valence electrons. The zero-order valence-electron chi connectivity index (χ0n) is 21.5. The molecule has 1 amide bonds. The first-order valence-corrected chi connectivity index (χ1v) is 12.9. The molecular weight excluding hydrogens is 418 g/mol. The smallest absolute Gasteiger partial charge is 0.246 e. The summed E-state index contributed by atoms with van der Waals surface area (Å²) in [5.41, 5.74) is 8.97. The van der Waals surface area contributed by atoms with Crippen LogP contribution < -0.4 is 0 Å². The topological polar surface area (TPSA) is 29.5 Å². The van der Waals surface area contributed by atoms with Crippen molar-refractivity contribution >= 4 is 12.0 Å². The van der Waals surface area contributed by atoms with Gasteiger partial charge in [0.2, 0.25) is 5.91 Å². The van der Waals surface area contributed by atoms with Gasteiger partial charge in [-0.2, -0.15) is 0 Å². The molecule has 0 bridgehead atoms. The van der Waals surface area contributed by atoms with Crippen LogP contribution >= 0.6 is 0 Å². The third-order valence-electron chi connectivity index (χ3n) is 8.67. The number of ether oxygens (including phenoxy) is 1. The Labute approximate surface area is 205 Å². The lowest BCUT2D eigenvalue weighted by molar-refractivity contribution is -0.129. The molecule has 0 radical (unpaired) electrons. The van der Waals surface area contributed by atoms with Crippen LogP contribution in [-0.2, 0) is 25.8 Å². The summed E-state index contributed by atoms with van der Waals surface area (Å²) in [6, 6.07) is 13.7. The molecule has 0 atom stereocenters. The quantitative estimate of drug-likeness (QED) is 0.505. The summed E-state index contributed by atoms with van der Waals surface area (Å²) in [6.07, 6.45) is 8.59. The van der Waals surface area contributed by atoms with Gasteiger partial charge in [0.25, 0.3) is 0 Å². The van der Waals surface area contributed by atoms with Crippen LogP contribution in [0.1, 0.15) is 86.8 Å². The molecule has 1 heterocycles. The van der Waals surface area contributed by atoms with Crippen LogP contribution in [0.2, 0.25) is 0 Å². The molecule has 0 unspecified atom stereocenters. The largest absolute Gasteiger partial charge is 0.378 e. The second-order valence-corrected chi connectivity index (χ2v) is 11.9. The Balaban J connectivity index is 1.53. The third kappa shape index (κ3) is 4.02. The number of carbonyl (C=O) groups is 1. The summed E-state index contributed by atoms with van der Waals surface area (Å²) in [5.74, 6) is 0.0805. The number of hydrogen-bond acceptors (Lipinski definition) is 2. The van der Waals surface area contributed by atoms with Crippen LogP contribution in [0.5, 0.6) is 0 Å². The maximum atomic E-state index is 12.7. The van der Waals surface area contributed by atoms with Gasteiger partial charge in [-0.1, -0.05) is 64.1 Å². The number of nitrogens with zero attached hydrogens (tertiary/aromatic N) is 1. The Morgan fingerprint density at radius 1 is 0.853 bits per heavy atom. The normalized spacial score (nSPS) is 22.4. The Bertz CT molecular complexity index is 1130. The summed E-state index contributed by atoms with van der Waals surface area (Å²) in [7, 11) is 0. The van der Waals surface area contributed by atoms with Gasteiger partial charge >= 0.3 is 0 Å². The fraction of sp³-hybridized carbons (Fsp3) is 0.516. The maximum Gasteiger partial charge on any atom is 0.246 e. The maximum absolute atomic E-state index is 12.7. The Morgan fingerprint density at radius 2 is 1.47 bits per heavy atom. The summed E-state index contributed by atoms with van der Waals surface area (Å²) in [6.45, 7) is 14.5. The Morgan fingerprint density at radius 3 is 2.12 bits per heavy atom. The van der Waals surface area contributed by atoms with Crippen molar-refractivity contribution < 1.29 is 9.53 Å². The van der Waals surface area contributed by atoms with E-state index in [0.717, 1.165) is 0 Å². The first kappa shape index (κ1) is 23.4. The van der Waals surface area contributed by atoms with Crippen LogP contribution in [0, 0.1) is 6.92 Å². The van der Waals surface area contributed by atoms with Crippen molar-refractivity contribution in [2.75, 3.05) is 26.3 Å². The van der Waals surface area contributed by atoms with E-state index in [0.29, 0.717) is 26.3 Å². The first-order valence-electron chi connectivity index (χ1n) is 12.9. The van der Waals surface area contributed by atoms with Crippen molar-refractivity contribution in [1.29, 1.82) is 0 Å². The molecule has 3 heteroatoms. The van der Waals surface area contributed by atoms with Gasteiger partial charge in [0.15, 0.2) is 0 Å². The number of carbonyl (C=O) groups excluding carboxylic acids is 1. The lowest BCUT2D eigenvalue weighted by Crippen LogP contribution is -2.39. The average molecular weight is 458 g/mol. The molecule has 1 saturated carbocycles. The molecule has 3 nitrogen and oxygen atoms in total. The van der Waals surface area contributed by atoms with Crippen LogP contribution in [0.4, 0.5) is 0 Å². The molecule has 0 N–H and O–H groups in total. The van der Waals surface area contributed by atoms with Crippen LogP contribution in [0.25, 0.3) is 6.08 Å². The van der Waals surface area contributed by atoms with E-state index in [-0.39, 0.29) is 22.2 Å². The fourth-order valence-electron chi connectivity index (χ4n) is 6.17. The predicted molar refractivity (Wildman–Crippen MR) is 139 cm³/mol. The van der Waals surface area contributed by atoms with Crippen LogP contribution in [-0.4, -0.2) is 37.1 Å². The minimum atomic E-state index is 0.0553. The first-order chi connectivity index (χ1) is 16.1. The monoisotopic (exact) mass is 457 g/mol. The summed E-state index contributed by atoms with van der Waals surface area (Å²) < 4.78 is 5.39. The fourth-order valence-corrected chi connectivity index (χ4v) is 6.17. The van der Waals surface area contributed by atoms with Gasteiger partial charge in [0, 0.05) is 24.6 Å². The third-order valence-corrected chi connectivity index (χ3v) is 8.67. The minimum Gasteiger partial charge on any atom is -0.378 e. The van der Waals surface area contributed by atoms with Crippen molar-refractivity contribution in [3.05, 3.63) is 75.9 Å². The van der Waals surface area contributed by atoms with Gasteiger partial charge < -0.3 is 9.64 Å². The van der Waals surface area contributed by atoms with Crippen molar-refractivity contribution in [2.24, 2.45) is 0 Å². The molecule has 1 aliphatic heterocycles. The number of benzene rings is 2. The van der Waals surface area contributed by atoms with E-state index in [1.165, 1.54) is 59.1 Å². The van der Waals surface area contributed by atoms with Crippen molar-refractivity contribution in [3.63, 3.8) is 0 Å². The lowest BCUT2D eigenvalue weighted by Gasteiger charge is -2.43. The molecule has 1 saturated heterocycles. The molecule has 0 aromatic heterocycles. The van der Waals surface area contributed by atoms with E-state index in [2.05, 4.69) is 71.0 Å². The highest BCUT2D eigenvalue weighted by atomic mass is 16.5. The van der Waals surface area contributed by atoms with Crippen molar-refractivity contribution in [3.8, 4) is 0 Å². The van der Waals surface area contributed by atoms with E-state index >= 15 is 0 Å². The van der Waals surface area contributed by atoms with Crippen molar-refractivity contribution in [1.82, 2.24) is 4.90 Å². The number of amides is 1. The highest BCUT2D eigenvalue weighted by Crippen LogP contribution is 2.57. The standard InChI is InChI=1S/C31H39NO2/c1-22-20-26-27(30(4,5)13-12-29(26,2)3)21-25(22)31(14-15-31)24-9-7-6-8-23(24)10-11-28(33)32-16-18-34-19-17-32/h6-11,20-21H,12-19H2,1-5H3. The SMILES string of the molecule is Cc1cc2c(cc1C1(c3ccccc3C=CC(=O)N3CCOCC3)CC1)C(C)(C)CCC2(C)C. The number of rotatable bonds is 4. The highest BCUT2D eigenvalue weighted by molar-refractivity contribution is 5.92. The number of morpholine rings is 1. The van der Waals surface area contributed by atoms with Gasteiger partial charge in [-0.15, -0.1) is 0 Å². The van der Waals surface area contributed by atoms with Crippen LogP contribution in [0.3, 0.4) is 0 Å². The average Bonchev–Trinajstić information content (AvgIpc) is 3.63. The molecule has 0 spiro atoms. The van der Waals surface area contributed by atoms with Gasteiger partial charge in [-0.25, -0.2) is 0 Å². The minimum absolute atomic E-state index is 0.0553. The predicted octanol–water partition coefficient (Wildman–Crippen LogP) is 6.30. The number of fused-ring (bicyclic) bond motifs is 1. The van der Waals surface area contributed by atoms with Crippen molar-refractivity contribution in [2.45, 2.75) is 76.5 Å². The summed E-state index contributed by atoms with van der Waals surface area (Å²) in [5, 5.41) is 0. The Hall–Kier alpha value is -2.39. The highest BCUT2D eigenvalue weighted by Gasteiger charge is 2.49. The van der Waals surface area contributed by atoms with E-state index in [1.54, 1.807) is 6.08 Å². The van der Waals surface area contributed by atoms with Crippen LogP contribution in [0.15, 0.2) is 42.5 Å². The van der Waals surface area contributed by atoms with E-state index < -0.39 is 0 Å². The Kier molecular flexibility index (Phi) is 5.75. The van der Waals surface area contributed by atoms with E-state index in [1.807, 2.05) is 11.0 Å². The molecule has 5 rings (SSSR count). The molecule has 2 aliphatic carbocycles. The lowest BCUT2D eigenvalue weighted by atomic mass is 9.62. The molecule has 3 aliphatic rings. The molecule has 2 aromatic rings. The summed E-state index contributed by atoms with van der Waals surface area (Å²) >= 11 is 0. The summed E-state index contributed by atoms with van der Waals surface area (Å²) in [4.78, 5) is 14.6. The molecule has 2 aromatic carbocycles. The zero-order valence-corrected chi connectivity index (χ0v) is 21.5. The molecular formula is C31H39NO2. The second-order valence-electron chi connectivity index (χ2n) is 11.9. The molecule has 34 heavy (non-hydrogen) atoms. The van der Waals surface area contributed by atoms with Gasteiger partial charge in [-0.05, 0) is 82.9 Å². The zero-order chi connectivity index (χ0) is 24.1. The van der Waals surface area contributed by atoms with Gasteiger partial charge in [0.05, 0.1) is 13.2 Å². The van der Waals surface area contributed by atoms with E-state index in [4.69, 9.17) is 4.74 Å². The van der Waals surface area contributed by atoms with E-state index in [9.17, 15) is 4.79 Å².